The number of fused-ring (bicyclic) bond motifs is 1. The zero-order valence-electron chi connectivity index (χ0n) is 15.7. The van der Waals surface area contributed by atoms with Crippen LogP contribution in [0.5, 0.6) is 0 Å². The van der Waals surface area contributed by atoms with E-state index in [1.807, 2.05) is 18.2 Å². The number of nitrogens with one attached hydrogen (secondary N) is 2. The van der Waals surface area contributed by atoms with Gasteiger partial charge in [0.2, 0.25) is 0 Å². The molecule has 2 N–H and O–H groups in total. The van der Waals surface area contributed by atoms with E-state index in [1.165, 1.54) is 6.07 Å². The summed E-state index contributed by atoms with van der Waals surface area (Å²) in [5.41, 5.74) is 1.19. The number of halogens is 1. The van der Waals surface area contributed by atoms with Crippen LogP contribution in [0.4, 0.5) is 23.0 Å². The van der Waals surface area contributed by atoms with Crippen molar-refractivity contribution in [1.82, 2.24) is 9.97 Å². The molecule has 0 atom stereocenters. The summed E-state index contributed by atoms with van der Waals surface area (Å²) >= 11 is 5.79. The van der Waals surface area contributed by atoms with E-state index in [1.54, 1.807) is 36.4 Å². The van der Waals surface area contributed by atoms with Crippen molar-refractivity contribution >= 4 is 55.7 Å². The molecule has 0 amide bonds. The van der Waals surface area contributed by atoms with E-state index in [2.05, 4.69) is 20.0 Å². The second-order valence-electron chi connectivity index (χ2n) is 6.38. The molecule has 0 unspecified atom stereocenters. The summed E-state index contributed by atoms with van der Waals surface area (Å²) in [5.74, 6) is 0.122. The van der Waals surface area contributed by atoms with Crippen molar-refractivity contribution in [1.29, 1.82) is 0 Å². The standard InChI is InChI=1S/C20H14ClN5O4S/c21-15-11-10-14(12-18(15)26(27)28)31(29,30)25-20-19(22-13-6-2-1-3-7-13)23-16-8-4-5-9-17(16)24-20/h1-12H,(H,22,23)(H,24,25). The van der Waals surface area contributed by atoms with Crippen molar-refractivity contribution in [3.63, 3.8) is 0 Å². The molecule has 31 heavy (non-hydrogen) atoms. The molecule has 4 rings (SSSR count). The van der Waals surface area contributed by atoms with Crippen LogP contribution < -0.4 is 10.0 Å². The van der Waals surface area contributed by atoms with Crippen LogP contribution in [0.2, 0.25) is 5.02 Å². The fourth-order valence-electron chi connectivity index (χ4n) is 2.80. The molecule has 0 fully saturated rings. The largest absolute Gasteiger partial charge is 0.337 e. The van der Waals surface area contributed by atoms with Crippen LogP contribution >= 0.6 is 11.6 Å². The number of sulfonamides is 1. The van der Waals surface area contributed by atoms with Gasteiger partial charge in [-0.25, -0.2) is 18.4 Å². The fourth-order valence-corrected chi connectivity index (χ4v) is 4.02. The van der Waals surface area contributed by atoms with Crippen LogP contribution in [0, 0.1) is 10.1 Å². The number of nitrogens with zero attached hydrogens (tertiary/aromatic N) is 3. The summed E-state index contributed by atoms with van der Waals surface area (Å²) in [6.45, 7) is 0. The van der Waals surface area contributed by atoms with E-state index in [0.29, 0.717) is 16.7 Å². The van der Waals surface area contributed by atoms with E-state index in [4.69, 9.17) is 11.6 Å². The van der Waals surface area contributed by atoms with Crippen molar-refractivity contribution < 1.29 is 13.3 Å². The Morgan fingerprint density at radius 1 is 0.871 bits per heavy atom. The van der Waals surface area contributed by atoms with Gasteiger partial charge in [-0.05, 0) is 36.4 Å². The van der Waals surface area contributed by atoms with Crippen molar-refractivity contribution in [3.05, 3.63) is 87.9 Å². The molecule has 0 aliphatic heterocycles. The predicted octanol–water partition coefficient (Wildman–Crippen LogP) is 4.74. The van der Waals surface area contributed by atoms with Crippen molar-refractivity contribution in [2.24, 2.45) is 0 Å². The number of hydrogen-bond donors (Lipinski definition) is 2. The van der Waals surface area contributed by atoms with E-state index >= 15 is 0 Å². The first-order valence-corrected chi connectivity index (χ1v) is 10.8. The molecule has 156 valence electrons. The Labute approximate surface area is 181 Å². The third kappa shape index (κ3) is 4.39. The van der Waals surface area contributed by atoms with Crippen molar-refractivity contribution in [2.45, 2.75) is 4.90 Å². The molecule has 0 bridgehead atoms. The first-order chi connectivity index (χ1) is 14.8. The Bertz CT molecular complexity index is 1400. The first-order valence-electron chi connectivity index (χ1n) is 8.89. The Hall–Kier alpha value is -3.76. The highest BCUT2D eigenvalue weighted by Gasteiger charge is 2.23. The van der Waals surface area contributed by atoms with Gasteiger partial charge in [0.15, 0.2) is 11.6 Å². The molecule has 0 aliphatic rings. The summed E-state index contributed by atoms with van der Waals surface area (Å²) in [6.07, 6.45) is 0. The molecule has 0 saturated carbocycles. The molecule has 0 radical (unpaired) electrons. The molecule has 0 spiro atoms. The van der Waals surface area contributed by atoms with Gasteiger partial charge in [-0.15, -0.1) is 0 Å². The number of anilines is 3. The Morgan fingerprint density at radius 2 is 1.48 bits per heavy atom. The normalized spacial score (nSPS) is 11.3. The molecule has 11 heteroatoms. The van der Waals surface area contributed by atoms with Crippen LogP contribution in [-0.4, -0.2) is 23.3 Å². The van der Waals surface area contributed by atoms with Gasteiger partial charge >= 0.3 is 0 Å². The fraction of sp³-hybridized carbons (Fsp3) is 0. The molecule has 0 saturated heterocycles. The molecule has 0 aliphatic carbocycles. The van der Waals surface area contributed by atoms with Gasteiger partial charge in [0.25, 0.3) is 15.7 Å². The number of aromatic nitrogens is 2. The summed E-state index contributed by atoms with van der Waals surface area (Å²) in [4.78, 5) is 18.9. The first kappa shape index (κ1) is 20.5. The molecule has 1 aromatic heterocycles. The minimum absolute atomic E-state index is 0.0554. The minimum atomic E-state index is -4.23. The lowest BCUT2D eigenvalue weighted by Gasteiger charge is -2.14. The van der Waals surface area contributed by atoms with Crippen LogP contribution in [0.25, 0.3) is 11.0 Å². The summed E-state index contributed by atoms with van der Waals surface area (Å²) in [6, 6.07) is 19.3. The summed E-state index contributed by atoms with van der Waals surface area (Å²) in [5, 5.41) is 14.0. The maximum absolute atomic E-state index is 13.0. The second kappa shape index (κ2) is 8.17. The topological polar surface area (TPSA) is 127 Å². The summed E-state index contributed by atoms with van der Waals surface area (Å²) in [7, 11) is -4.23. The number of benzene rings is 3. The molecule has 4 aromatic rings. The van der Waals surface area contributed by atoms with E-state index in [9.17, 15) is 18.5 Å². The Balaban J connectivity index is 1.78. The van der Waals surface area contributed by atoms with Crippen molar-refractivity contribution in [3.8, 4) is 0 Å². The average Bonchev–Trinajstić information content (AvgIpc) is 2.74. The lowest BCUT2D eigenvalue weighted by Crippen LogP contribution is -2.16. The van der Waals surface area contributed by atoms with Crippen LogP contribution in [0.1, 0.15) is 0 Å². The molecule has 3 aromatic carbocycles. The van der Waals surface area contributed by atoms with E-state index in [-0.39, 0.29) is 21.6 Å². The summed E-state index contributed by atoms with van der Waals surface area (Å²) < 4.78 is 28.3. The minimum Gasteiger partial charge on any atom is -0.337 e. The van der Waals surface area contributed by atoms with Gasteiger partial charge in [0, 0.05) is 11.8 Å². The molecular weight excluding hydrogens is 442 g/mol. The lowest BCUT2D eigenvalue weighted by atomic mass is 10.3. The van der Waals surface area contributed by atoms with Gasteiger partial charge in [-0.1, -0.05) is 41.9 Å². The highest BCUT2D eigenvalue weighted by Crippen LogP contribution is 2.30. The second-order valence-corrected chi connectivity index (χ2v) is 8.47. The van der Waals surface area contributed by atoms with Crippen molar-refractivity contribution in [2.75, 3.05) is 10.0 Å². The van der Waals surface area contributed by atoms with Crippen LogP contribution in [0.3, 0.4) is 0 Å². The SMILES string of the molecule is O=[N+]([O-])c1cc(S(=O)(=O)Nc2nc3ccccc3nc2Nc2ccccc2)ccc1Cl. The Kier molecular flexibility index (Phi) is 5.40. The predicted molar refractivity (Wildman–Crippen MR) is 118 cm³/mol. The molecule has 9 nitrogen and oxygen atoms in total. The number of hydrogen-bond acceptors (Lipinski definition) is 7. The highest BCUT2D eigenvalue weighted by atomic mass is 35.5. The van der Waals surface area contributed by atoms with Gasteiger partial charge < -0.3 is 5.32 Å². The quantitative estimate of drug-likeness (QED) is 0.317. The third-order valence-corrected chi connectivity index (χ3v) is 5.92. The smallest absolute Gasteiger partial charge is 0.289 e. The number of nitro benzene ring substituents is 1. The maximum Gasteiger partial charge on any atom is 0.289 e. The molecule has 1 heterocycles. The lowest BCUT2D eigenvalue weighted by molar-refractivity contribution is -0.384. The number of nitro groups is 1. The highest BCUT2D eigenvalue weighted by molar-refractivity contribution is 7.92. The van der Waals surface area contributed by atoms with E-state index < -0.39 is 20.6 Å². The van der Waals surface area contributed by atoms with Gasteiger partial charge in [0.05, 0.1) is 20.9 Å². The zero-order chi connectivity index (χ0) is 22.0. The van der Waals surface area contributed by atoms with E-state index in [0.717, 1.165) is 12.1 Å². The maximum atomic E-state index is 13.0. The van der Waals surface area contributed by atoms with Crippen LogP contribution in [0.15, 0.2) is 77.7 Å². The molecular formula is C20H14ClN5O4S. The third-order valence-electron chi connectivity index (χ3n) is 4.26. The zero-order valence-corrected chi connectivity index (χ0v) is 17.3. The Morgan fingerprint density at radius 3 is 2.13 bits per heavy atom. The van der Waals surface area contributed by atoms with Gasteiger partial charge in [-0.2, -0.15) is 0 Å². The van der Waals surface area contributed by atoms with Gasteiger partial charge in [-0.3, -0.25) is 14.8 Å². The van der Waals surface area contributed by atoms with Crippen LogP contribution in [-0.2, 0) is 10.0 Å². The average molecular weight is 456 g/mol. The monoisotopic (exact) mass is 455 g/mol. The van der Waals surface area contributed by atoms with Gasteiger partial charge in [0.1, 0.15) is 5.02 Å². The number of rotatable bonds is 6. The number of para-hydroxylation sites is 3.